The summed E-state index contributed by atoms with van der Waals surface area (Å²) in [6, 6.07) is 8.27. The number of anilines is 2. The Balaban J connectivity index is 1.82. The van der Waals surface area contributed by atoms with Gasteiger partial charge in [-0.3, -0.25) is 9.59 Å². The van der Waals surface area contributed by atoms with Crippen molar-refractivity contribution in [3.8, 4) is 5.75 Å². The van der Waals surface area contributed by atoms with Crippen LogP contribution in [0, 0.1) is 5.92 Å². The maximum atomic E-state index is 12.7. The summed E-state index contributed by atoms with van der Waals surface area (Å²) >= 11 is 5.82. The van der Waals surface area contributed by atoms with Crippen LogP contribution in [0.3, 0.4) is 0 Å². The van der Waals surface area contributed by atoms with Gasteiger partial charge in [0.1, 0.15) is 11.6 Å². The molecular formula is C19H21ClN4O3. The molecule has 3 rings (SSSR count). The molecule has 2 amide bonds. The zero-order valence-electron chi connectivity index (χ0n) is 14.9. The third kappa shape index (κ3) is 4.75. The molecule has 3 N–H and O–H groups in total. The van der Waals surface area contributed by atoms with Crippen molar-refractivity contribution in [3.63, 3.8) is 0 Å². The number of halogens is 1. The number of aromatic nitrogens is 1. The number of amides is 2. The number of carbonyl (C=O) groups excluding carboxylic acids is 2. The number of nitrogens with zero attached hydrogens (tertiary/aromatic N) is 1. The number of nitrogens with one attached hydrogen (secondary N) is 3. The average Bonchev–Trinajstić information content (AvgIpc) is 2.70. The van der Waals surface area contributed by atoms with Crippen molar-refractivity contribution in [2.75, 3.05) is 30.8 Å². The molecule has 1 aromatic heterocycles. The lowest BCUT2D eigenvalue weighted by molar-refractivity contribution is -0.120. The van der Waals surface area contributed by atoms with Gasteiger partial charge in [0.05, 0.1) is 23.4 Å². The highest BCUT2D eigenvalue weighted by molar-refractivity contribution is 6.30. The van der Waals surface area contributed by atoms with E-state index < -0.39 is 5.91 Å². The number of piperidine rings is 1. The van der Waals surface area contributed by atoms with Crippen molar-refractivity contribution in [2.45, 2.75) is 12.8 Å². The number of hydrogen-bond acceptors (Lipinski definition) is 5. The Bertz CT molecular complexity index is 820. The molecule has 1 aromatic carbocycles. The van der Waals surface area contributed by atoms with Gasteiger partial charge in [0, 0.05) is 12.1 Å². The van der Waals surface area contributed by atoms with E-state index in [0.717, 1.165) is 25.9 Å². The van der Waals surface area contributed by atoms with Crippen LogP contribution in [0.15, 0.2) is 36.5 Å². The maximum absolute atomic E-state index is 12.7. The van der Waals surface area contributed by atoms with Crippen LogP contribution in [0.5, 0.6) is 5.75 Å². The minimum atomic E-state index is -0.399. The largest absolute Gasteiger partial charge is 0.495 e. The lowest BCUT2D eigenvalue weighted by atomic mass is 9.97. The molecule has 7 nitrogen and oxygen atoms in total. The molecular weight excluding hydrogens is 368 g/mol. The standard InChI is InChI=1S/C19H21ClN4O3/c1-27-15-4-2-3-14(19(26)23-16-6-5-13(20)11-22-16)17(15)24-18(25)12-7-9-21-10-8-12/h2-6,11-12,21H,7-10H2,1H3,(H,24,25)(H,22,23,26). The SMILES string of the molecule is COc1cccc(C(=O)Nc2ccc(Cl)cn2)c1NC(=O)C1CCNCC1. The first-order chi connectivity index (χ1) is 13.1. The number of benzene rings is 1. The summed E-state index contributed by atoms with van der Waals surface area (Å²) in [5.74, 6) is 0.186. The van der Waals surface area contributed by atoms with Crippen LogP contribution in [0.1, 0.15) is 23.2 Å². The summed E-state index contributed by atoms with van der Waals surface area (Å²) in [7, 11) is 1.50. The molecule has 1 aliphatic heterocycles. The van der Waals surface area contributed by atoms with Gasteiger partial charge in [-0.25, -0.2) is 4.98 Å². The minimum absolute atomic E-state index is 0.0926. The lowest BCUT2D eigenvalue weighted by Gasteiger charge is -2.23. The molecule has 142 valence electrons. The molecule has 27 heavy (non-hydrogen) atoms. The van der Waals surface area contributed by atoms with E-state index in [1.807, 2.05) is 0 Å². The van der Waals surface area contributed by atoms with Crippen molar-refractivity contribution >= 4 is 34.9 Å². The van der Waals surface area contributed by atoms with Crippen LogP contribution >= 0.6 is 11.6 Å². The summed E-state index contributed by atoms with van der Waals surface area (Å²) in [6.45, 7) is 1.61. The molecule has 0 radical (unpaired) electrons. The van der Waals surface area contributed by atoms with E-state index in [1.54, 1.807) is 30.3 Å². The van der Waals surface area contributed by atoms with Crippen LogP contribution in [-0.2, 0) is 4.79 Å². The zero-order valence-corrected chi connectivity index (χ0v) is 15.7. The fourth-order valence-corrected chi connectivity index (χ4v) is 3.07. The van der Waals surface area contributed by atoms with Crippen LogP contribution in [0.4, 0.5) is 11.5 Å². The van der Waals surface area contributed by atoms with E-state index in [9.17, 15) is 9.59 Å². The van der Waals surface area contributed by atoms with Gasteiger partial charge in [-0.2, -0.15) is 0 Å². The first-order valence-corrected chi connectivity index (χ1v) is 9.08. The Morgan fingerprint density at radius 1 is 1.19 bits per heavy atom. The van der Waals surface area contributed by atoms with E-state index in [4.69, 9.17) is 16.3 Å². The Labute approximate surface area is 162 Å². The summed E-state index contributed by atoms with van der Waals surface area (Å²) < 4.78 is 5.35. The van der Waals surface area contributed by atoms with Crippen LogP contribution in [0.2, 0.25) is 5.02 Å². The number of carbonyl (C=O) groups is 2. The van der Waals surface area contributed by atoms with Crippen LogP contribution < -0.4 is 20.7 Å². The summed E-state index contributed by atoms with van der Waals surface area (Å²) in [5, 5.41) is 9.29. The van der Waals surface area contributed by atoms with E-state index in [2.05, 4.69) is 20.9 Å². The molecule has 0 bridgehead atoms. The van der Waals surface area contributed by atoms with Gasteiger partial charge in [-0.1, -0.05) is 17.7 Å². The second-order valence-corrected chi connectivity index (χ2v) is 6.65. The minimum Gasteiger partial charge on any atom is -0.495 e. The van der Waals surface area contributed by atoms with Gasteiger partial charge in [-0.05, 0) is 50.2 Å². The summed E-state index contributed by atoms with van der Waals surface area (Å²) in [4.78, 5) is 29.5. The van der Waals surface area contributed by atoms with Gasteiger partial charge in [-0.15, -0.1) is 0 Å². The third-order valence-corrected chi connectivity index (χ3v) is 4.64. The molecule has 0 aliphatic carbocycles. The fraction of sp³-hybridized carbons (Fsp3) is 0.316. The van der Waals surface area contributed by atoms with Crippen LogP contribution in [-0.4, -0.2) is 37.0 Å². The first-order valence-electron chi connectivity index (χ1n) is 8.70. The van der Waals surface area contributed by atoms with E-state index in [1.165, 1.54) is 13.3 Å². The van der Waals surface area contributed by atoms with Gasteiger partial charge in [0.15, 0.2) is 0 Å². The molecule has 2 aromatic rings. The summed E-state index contributed by atoms with van der Waals surface area (Å²) in [6.07, 6.45) is 2.97. The number of methoxy groups -OCH3 is 1. The summed E-state index contributed by atoms with van der Waals surface area (Å²) in [5.41, 5.74) is 0.656. The Kier molecular flexibility index (Phi) is 6.26. The highest BCUT2D eigenvalue weighted by atomic mass is 35.5. The van der Waals surface area contributed by atoms with Crippen molar-refractivity contribution in [3.05, 3.63) is 47.1 Å². The number of hydrogen-bond donors (Lipinski definition) is 3. The van der Waals surface area contributed by atoms with Crippen molar-refractivity contribution in [2.24, 2.45) is 5.92 Å². The number of para-hydroxylation sites is 1. The van der Waals surface area contributed by atoms with E-state index in [0.29, 0.717) is 27.8 Å². The first kappa shape index (κ1) is 19.1. The highest BCUT2D eigenvalue weighted by Crippen LogP contribution is 2.30. The van der Waals surface area contributed by atoms with Gasteiger partial charge in [0.2, 0.25) is 5.91 Å². The Morgan fingerprint density at radius 3 is 2.63 bits per heavy atom. The van der Waals surface area contributed by atoms with Gasteiger partial charge >= 0.3 is 0 Å². The average molecular weight is 389 g/mol. The second-order valence-electron chi connectivity index (χ2n) is 6.21. The smallest absolute Gasteiger partial charge is 0.259 e. The van der Waals surface area contributed by atoms with E-state index in [-0.39, 0.29) is 11.8 Å². The lowest BCUT2D eigenvalue weighted by Crippen LogP contribution is -2.35. The quantitative estimate of drug-likeness (QED) is 0.732. The van der Waals surface area contributed by atoms with Crippen molar-refractivity contribution in [1.29, 1.82) is 0 Å². The number of pyridine rings is 1. The maximum Gasteiger partial charge on any atom is 0.259 e. The fourth-order valence-electron chi connectivity index (χ4n) is 2.96. The Morgan fingerprint density at radius 2 is 1.96 bits per heavy atom. The molecule has 0 spiro atoms. The van der Waals surface area contributed by atoms with Crippen molar-refractivity contribution in [1.82, 2.24) is 10.3 Å². The molecule has 8 heteroatoms. The Hall–Kier alpha value is -2.64. The molecule has 0 saturated carbocycles. The molecule has 0 unspecified atom stereocenters. The van der Waals surface area contributed by atoms with Crippen molar-refractivity contribution < 1.29 is 14.3 Å². The van der Waals surface area contributed by atoms with Gasteiger partial charge in [0.25, 0.3) is 5.91 Å². The topological polar surface area (TPSA) is 92.3 Å². The molecule has 1 fully saturated rings. The number of ether oxygens (including phenoxy) is 1. The molecule has 2 heterocycles. The monoisotopic (exact) mass is 388 g/mol. The third-order valence-electron chi connectivity index (χ3n) is 4.42. The second kappa shape index (κ2) is 8.83. The molecule has 1 saturated heterocycles. The zero-order chi connectivity index (χ0) is 19.2. The van der Waals surface area contributed by atoms with Crippen LogP contribution in [0.25, 0.3) is 0 Å². The van der Waals surface area contributed by atoms with E-state index >= 15 is 0 Å². The molecule has 1 aliphatic rings. The predicted octanol–water partition coefficient (Wildman–Crippen LogP) is 2.93. The predicted molar refractivity (Wildman–Crippen MR) is 104 cm³/mol. The number of rotatable bonds is 5. The normalized spacial score (nSPS) is 14.4. The van der Waals surface area contributed by atoms with Gasteiger partial charge < -0.3 is 20.7 Å². The highest BCUT2D eigenvalue weighted by Gasteiger charge is 2.24. The molecule has 0 atom stereocenters.